The zero-order valence-corrected chi connectivity index (χ0v) is 25.5. The summed E-state index contributed by atoms with van der Waals surface area (Å²) >= 11 is 6.58. The predicted octanol–water partition coefficient (Wildman–Crippen LogP) is 7.68. The molecule has 0 saturated heterocycles. The zero-order valence-electron chi connectivity index (χ0n) is 24.7. The summed E-state index contributed by atoms with van der Waals surface area (Å²) in [7, 11) is 1.71. The van der Waals surface area contributed by atoms with Gasteiger partial charge < -0.3 is 14.2 Å². The minimum Gasteiger partial charge on any atom is -0.383 e. The topological polar surface area (TPSA) is 51.5 Å². The smallest absolute Gasteiger partial charge is 0.162 e. The molecule has 0 radical (unpaired) electrons. The first-order valence-corrected chi connectivity index (χ1v) is 15.0. The van der Waals surface area contributed by atoms with Crippen molar-refractivity contribution < 1.29 is 14.3 Å². The van der Waals surface area contributed by atoms with E-state index in [1.54, 1.807) is 7.11 Å². The van der Waals surface area contributed by atoms with Crippen LogP contribution in [0.3, 0.4) is 0 Å². The second-order valence-electron chi connectivity index (χ2n) is 13.5. The third kappa shape index (κ3) is 4.97. The van der Waals surface area contributed by atoms with E-state index in [-0.39, 0.29) is 28.3 Å². The molecule has 0 spiro atoms. The van der Waals surface area contributed by atoms with E-state index in [4.69, 9.17) is 16.3 Å². The van der Waals surface area contributed by atoms with Gasteiger partial charge in [-0.1, -0.05) is 75.7 Å². The van der Waals surface area contributed by atoms with E-state index in [0.29, 0.717) is 32.5 Å². The van der Waals surface area contributed by atoms with Crippen molar-refractivity contribution >= 4 is 34.1 Å². The van der Waals surface area contributed by atoms with Gasteiger partial charge in [0.2, 0.25) is 0 Å². The second-order valence-corrected chi connectivity index (χ2v) is 13.9. The SMILES string of the molecule is COCCN1C2=C(C(=O)CC(C)(C)C2)C(c2cn(Cc3ccccc3Cl)c3ccccc23)C2=C1CC(C)(C)CC2=O. The lowest BCUT2D eigenvalue weighted by Crippen LogP contribution is -2.45. The van der Waals surface area contributed by atoms with Crippen molar-refractivity contribution in [3.63, 3.8) is 0 Å². The lowest BCUT2D eigenvalue weighted by Gasteiger charge is -2.49. The molecule has 6 heteroatoms. The van der Waals surface area contributed by atoms with E-state index in [9.17, 15) is 9.59 Å². The van der Waals surface area contributed by atoms with Crippen LogP contribution in [0.25, 0.3) is 10.9 Å². The van der Waals surface area contributed by atoms with Gasteiger partial charge in [0.25, 0.3) is 0 Å². The van der Waals surface area contributed by atoms with E-state index in [1.165, 1.54) is 0 Å². The molecule has 0 fully saturated rings. The van der Waals surface area contributed by atoms with Crippen LogP contribution < -0.4 is 0 Å². The quantitative estimate of drug-likeness (QED) is 0.305. The molecule has 5 nitrogen and oxygen atoms in total. The Morgan fingerprint density at radius 3 is 2.05 bits per heavy atom. The van der Waals surface area contributed by atoms with Crippen LogP contribution in [0.2, 0.25) is 5.02 Å². The van der Waals surface area contributed by atoms with E-state index in [1.807, 2.05) is 36.4 Å². The number of aromatic nitrogens is 1. The van der Waals surface area contributed by atoms with Crippen molar-refractivity contribution in [3.8, 4) is 0 Å². The number of hydrogen-bond donors (Lipinski definition) is 0. The van der Waals surface area contributed by atoms with Crippen molar-refractivity contribution in [1.82, 2.24) is 9.47 Å². The predicted molar refractivity (Wildman–Crippen MR) is 164 cm³/mol. The Bertz CT molecular complexity index is 1570. The lowest BCUT2D eigenvalue weighted by molar-refractivity contribution is -0.119. The molecule has 2 aliphatic carbocycles. The van der Waals surface area contributed by atoms with Crippen molar-refractivity contribution in [3.05, 3.63) is 93.4 Å². The number of ether oxygens (including phenoxy) is 1. The first-order valence-electron chi connectivity index (χ1n) is 14.6. The van der Waals surface area contributed by atoms with Crippen LogP contribution in [0.5, 0.6) is 0 Å². The first-order chi connectivity index (χ1) is 19.5. The van der Waals surface area contributed by atoms with Gasteiger partial charge in [0.05, 0.1) is 6.61 Å². The average Bonchev–Trinajstić information content (AvgIpc) is 3.25. The fourth-order valence-electron chi connectivity index (χ4n) is 7.26. The summed E-state index contributed by atoms with van der Waals surface area (Å²) in [4.78, 5) is 30.6. The number of para-hydroxylation sites is 1. The molecule has 214 valence electrons. The van der Waals surface area contributed by atoms with Crippen LogP contribution in [-0.2, 0) is 20.9 Å². The maximum atomic E-state index is 14.2. The summed E-state index contributed by atoms with van der Waals surface area (Å²) in [5, 5.41) is 1.80. The lowest BCUT2D eigenvalue weighted by atomic mass is 9.63. The molecule has 0 bridgehead atoms. The molecule has 0 N–H and O–H groups in total. The number of hydrogen-bond acceptors (Lipinski definition) is 4. The van der Waals surface area contributed by atoms with Crippen LogP contribution in [0, 0.1) is 10.8 Å². The molecule has 6 rings (SSSR count). The second kappa shape index (κ2) is 10.3. The summed E-state index contributed by atoms with van der Waals surface area (Å²) in [6.07, 6.45) is 4.69. The van der Waals surface area contributed by atoms with E-state index in [2.05, 4.69) is 55.5 Å². The number of ketones is 2. The normalized spacial score (nSPS) is 20.6. The summed E-state index contributed by atoms with van der Waals surface area (Å²) < 4.78 is 7.75. The number of nitrogens with zero attached hydrogens (tertiary/aromatic N) is 2. The number of allylic oxidation sites excluding steroid dienone is 4. The molecule has 3 aromatic rings. The van der Waals surface area contributed by atoms with Gasteiger partial charge in [0.15, 0.2) is 11.6 Å². The third-order valence-corrected chi connectivity index (χ3v) is 9.34. The molecule has 0 unspecified atom stereocenters. The van der Waals surface area contributed by atoms with Crippen LogP contribution in [0.1, 0.15) is 70.4 Å². The first kappa shape index (κ1) is 28.0. The van der Waals surface area contributed by atoms with Crippen LogP contribution >= 0.6 is 11.6 Å². The molecular formula is C35H39ClN2O3. The number of halogens is 1. The highest BCUT2D eigenvalue weighted by Crippen LogP contribution is 2.55. The number of rotatable bonds is 6. The van der Waals surface area contributed by atoms with Gasteiger partial charge in [-0.15, -0.1) is 0 Å². The number of methoxy groups -OCH3 is 1. The van der Waals surface area contributed by atoms with Crippen LogP contribution in [-0.4, -0.2) is 41.3 Å². The molecule has 0 saturated carbocycles. The molecule has 2 heterocycles. The highest BCUT2D eigenvalue weighted by molar-refractivity contribution is 6.31. The van der Waals surface area contributed by atoms with E-state index in [0.717, 1.165) is 62.4 Å². The molecule has 3 aliphatic rings. The molecule has 1 aromatic heterocycles. The summed E-state index contributed by atoms with van der Waals surface area (Å²) in [6.45, 7) is 10.5. The number of carbonyl (C=O) groups is 2. The largest absolute Gasteiger partial charge is 0.383 e. The Kier molecular flexibility index (Phi) is 7.02. The van der Waals surface area contributed by atoms with Crippen molar-refractivity contribution in [2.75, 3.05) is 20.3 Å². The fourth-order valence-corrected chi connectivity index (χ4v) is 7.45. The van der Waals surface area contributed by atoms with Gasteiger partial charge >= 0.3 is 0 Å². The van der Waals surface area contributed by atoms with Gasteiger partial charge in [-0.2, -0.15) is 0 Å². The van der Waals surface area contributed by atoms with Crippen LogP contribution in [0.4, 0.5) is 0 Å². The monoisotopic (exact) mass is 570 g/mol. The van der Waals surface area contributed by atoms with Gasteiger partial charge in [0.1, 0.15) is 0 Å². The number of carbonyl (C=O) groups excluding carboxylic acids is 2. The molecule has 41 heavy (non-hydrogen) atoms. The minimum atomic E-state index is -0.386. The highest BCUT2D eigenvalue weighted by Gasteiger charge is 2.49. The van der Waals surface area contributed by atoms with Crippen LogP contribution in [0.15, 0.2) is 77.3 Å². The molecule has 0 atom stereocenters. The van der Waals surface area contributed by atoms with Gasteiger partial charge in [-0.3, -0.25) is 9.59 Å². The zero-order chi connectivity index (χ0) is 29.1. The van der Waals surface area contributed by atoms with E-state index < -0.39 is 0 Å². The number of fused-ring (bicyclic) bond motifs is 1. The Hall–Kier alpha value is -3.15. The third-order valence-electron chi connectivity index (χ3n) is 8.97. The Balaban J connectivity index is 1.60. The molecule has 0 amide bonds. The molecular weight excluding hydrogens is 532 g/mol. The molecule has 1 aliphatic heterocycles. The van der Waals surface area contributed by atoms with Crippen molar-refractivity contribution in [2.45, 2.75) is 65.8 Å². The number of Topliss-reactive ketones (excluding diaryl/α,β-unsaturated/α-hetero) is 2. The average molecular weight is 571 g/mol. The summed E-state index contributed by atoms with van der Waals surface area (Å²) in [5.41, 5.74) is 6.55. The Morgan fingerprint density at radius 2 is 1.44 bits per heavy atom. The summed E-state index contributed by atoms with van der Waals surface area (Å²) in [6, 6.07) is 16.2. The number of benzene rings is 2. The highest BCUT2D eigenvalue weighted by atomic mass is 35.5. The van der Waals surface area contributed by atoms with Crippen molar-refractivity contribution in [2.24, 2.45) is 10.8 Å². The maximum Gasteiger partial charge on any atom is 0.162 e. The van der Waals surface area contributed by atoms with Gasteiger partial charge in [-0.05, 0) is 46.9 Å². The Morgan fingerprint density at radius 1 is 0.854 bits per heavy atom. The Labute approximate surface area is 247 Å². The van der Waals surface area contributed by atoms with Crippen molar-refractivity contribution in [1.29, 1.82) is 0 Å². The standard InChI is InChI=1S/C35H39ClN2O3/c1-34(2)16-27-32(29(39)18-34)31(33-28(38(27)14-15-41-5)17-35(3,4)19-30(33)40)24-21-37(26-13-9-7-11-23(24)26)20-22-10-6-8-12-25(22)36/h6-13,21,31H,14-20H2,1-5H3. The molecule has 2 aromatic carbocycles. The fraction of sp³-hybridized carbons (Fsp3) is 0.429. The summed E-state index contributed by atoms with van der Waals surface area (Å²) in [5.74, 6) is -0.0880. The minimum absolute atomic E-state index is 0.149. The van der Waals surface area contributed by atoms with Gasteiger partial charge in [-0.25, -0.2) is 0 Å². The maximum absolute atomic E-state index is 14.2. The van der Waals surface area contributed by atoms with Gasteiger partial charge in [0, 0.05) is 83.6 Å². The van der Waals surface area contributed by atoms with E-state index >= 15 is 0 Å².